The van der Waals surface area contributed by atoms with Crippen LogP contribution in [0, 0.1) is 16.7 Å². The smallest absolute Gasteiger partial charge is 0.147 e. The molecule has 0 saturated carbocycles. The molecule has 0 spiro atoms. The number of halogens is 1. The first-order chi connectivity index (χ1) is 6.59. The van der Waals surface area contributed by atoms with Crippen LogP contribution in [0.3, 0.4) is 0 Å². The molecule has 1 rings (SSSR count). The summed E-state index contributed by atoms with van der Waals surface area (Å²) in [6.07, 6.45) is 4.54. The summed E-state index contributed by atoms with van der Waals surface area (Å²) in [7, 11) is 0. The Balaban J connectivity index is 2.79. The van der Waals surface area contributed by atoms with E-state index in [1.807, 2.05) is 13.8 Å². The van der Waals surface area contributed by atoms with Crippen molar-refractivity contribution in [3.63, 3.8) is 0 Å². The highest BCUT2D eigenvalue weighted by Crippen LogP contribution is 2.24. The minimum Gasteiger partial charge on any atom is -0.256 e. The van der Waals surface area contributed by atoms with Gasteiger partial charge in [-0.2, -0.15) is 5.26 Å². The summed E-state index contributed by atoms with van der Waals surface area (Å²) in [5.74, 6) is 0. The van der Waals surface area contributed by atoms with Gasteiger partial charge in [0.1, 0.15) is 5.15 Å². The predicted octanol–water partition coefficient (Wildman–Crippen LogP) is 2.61. The first-order valence-corrected chi connectivity index (χ1v) is 4.85. The predicted molar refractivity (Wildman–Crippen MR) is 54.8 cm³/mol. The molecule has 0 amide bonds. The lowest BCUT2D eigenvalue weighted by Gasteiger charge is -2.17. The van der Waals surface area contributed by atoms with E-state index in [0.717, 1.165) is 12.1 Å². The molecule has 1 unspecified atom stereocenters. The Bertz CT molecular complexity index is 341. The van der Waals surface area contributed by atoms with E-state index in [9.17, 15) is 0 Å². The Morgan fingerprint density at radius 3 is 2.64 bits per heavy atom. The highest BCUT2D eigenvalue weighted by Gasteiger charge is 2.22. The lowest BCUT2D eigenvalue weighted by molar-refractivity contribution is 0.417. The van der Waals surface area contributed by atoms with Gasteiger partial charge in [0.15, 0.2) is 0 Å². The molecule has 1 heterocycles. The highest BCUT2D eigenvalue weighted by atomic mass is 35.5. The molecule has 0 aromatic carbocycles. The second-order valence-corrected chi connectivity index (χ2v) is 3.92. The molecular formula is C10H12ClN3. The quantitative estimate of drug-likeness (QED) is 0.769. The lowest BCUT2D eigenvalue weighted by atomic mass is 9.85. The van der Waals surface area contributed by atoms with Crippen LogP contribution in [-0.2, 0) is 6.42 Å². The van der Waals surface area contributed by atoms with E-state index in [-0.39, 0.29) is 5.41 Å². The van der Waals surface area contributed by atoms with Crippen molar-refractivity contribution in [1.82, 2.24) is 9.97 Å². The molecule has 0 N–H and O–H groups in total. The second-order valence-electron chi connectivity index (χ2n) is 3.53. The highest BCUT2D eigenvalue weighted by molar-refractivity contribution is 6.29. The third-order valence-electron chi connectivity index (χ3n) is 2.30. The van der Waals surface area contributed by atoms with E-state index in [1.165, 1.54) is 6.20 Å². The summed E-state index contributed by atoms with van der Waals surface area (Å²) in [5, 5.41) is 9.36. The van der Waals surface area contributed by atoms with Crippen LogP contribution in [0.25, 0.3) is 0 Å². The standard InChI is InChI=1S/C10H12ClN3/c1-3-10(2,7-12)4-8-5-14-9(11)6-13-8/h5-6H,3-4H2,1-2H3. The van der Waals surface area contributed by atoms with Crippen molar-refractivity contribution in [3.8, 4) is 6.07 Å². The summed E-state index contributed by atoms with van der Waals surface area (Å²) < 4.78 is 0. The Morgan fingerprint density at radius 2 is 2.21 bits per heavy atom. The summed E-state index contributed by atoms with van der Waals surface area (Å²) in [6, 6.07) is 2.29. The van der Waals surface area contributed by atoms with Gasteiger partial charge in [0.2, 0.25) is 0 Å². The van der Waals surface area contributed by atoms with Crippen LogP contribution in [-0.4, -0.2) is 9.97 Å². The Kier molecular flexibility index (Phi) is 3.43. The van der Waals surface area contributed by atoms with Crippen LogP contribution in [0.4, 0.5) is 0 Å². The van der Waals surface area contributed by atoms with E-state index in [0.29, 0.717) is 11.6 Å². The van der Waals surface area contributed by atoms with Gasteiger partial charge in [-0.15, -0.1) is 0 Å². The third kappa shape index (κ3) is 2.68. The van der Waals surface area contributed by atoms with Gasteiger partial charge in [0.25, 0.3) is 0 Å². The van der Waals surface area contributed by atoms with E-state index in [1.54, 1.807) is 6.20 Å². The molecule has 74 valence electrons. The van der Waals surface area contributed by atoms with Gasteiger partial charge < -0.3 is 0 Å². The number of aromatic nitrogens is 2. The zero-order valence-corrected chi connectivity index (χ0v) is 9.04. The number of nitrogens with zero attached hydrogens (tertiary/aromatic N) is 3. The van der Waals surface area contributed by atoms with Crippen molar-refractivity contribution >= 4 is 11.6 Å². The van der Waals surface area contributed by atoms with Gasteiger partial charge in [-0.05, 0) is 13.3 Å². The van der Waals surface area contributed by atoms with Gasteiger partial charge in [0.05, 0.1) is 29.6 Å². The summed E-state index contributed by atoms with van der Waals surface area (Å²) in [6.45, 7) is 3.91. The molecule has 0 aliphatic rings. The molecule has 0 bridgehead atoms. The van der Waals surface area contributed by atoms with Crippen LogP contribution in [0.2, 0.25) is 5.15 Å². The molecule has 0 aliphatic heterocycles. The zero-order valence-electron chi connectivity index (χ0n) is 8.29. The van der Waals surface area contributed by atoms with E-state index in [4.69, 9.17) is 16.9 Å². The molecular weight excluding hydrogens is 198 g/mol. The molecule has 0 fully saturated rings. The fourth-order valence-corrected chi connectivity index (χ4v) is 1.17. The molecule has 1 aromatic heterocycles. The first kappa shape index (κ1) is 10.9. The molecule has 1 aromatic rings. The second kappa shape index (κ2) is 4.39. The van der Waals surface area contributed by atoms with Crippen molar-refractivity contribution in [3.05, 3.63) is 23.2 Å². The molecule has 1 atom stereocenters. The number of rotatable bonds is 3. The van der Waals surface area contributed by atoms with E-state index < -0.39 is 0 Å². The van der Waals surface area contributed by atoms with Crippen LogP contribution < -0.4 is 0 Å². The summed E-state index contributed by atoms with van der Waals surface area (Å²) in [4.78, 5) is 8.04. The Morgan fingerprint density at radius 1 is 1.50 bits per heavy atom. The van der Waals surface area contributed by atoms with E-state index >= 15 is 0 Å². The van der Waals surface area contributed by atoms with Gasteiger partial charge in [0, 0.05) is 6.42 Å². The monoisotopic (exact) mass is 209 g/mol. The number of hydrogen-bond acceptors (Lipinski definition) is 3. The van der Waals surface area contributed by atoms with Gasteiger partial charge in [-0.3, -0.25) is 4.98 Å². The minimum atomic E-state index is -0.359. The fourth-order valence-electron chi connectivity index (χ4n) is 1.07. The van der Waals surface area contributed by atoms with Crippen LogP contribution >= 0.6 is 11.6 Å². The first-order valence-electron chi connectivity index (χ1n) is 4.47. The normalized spacial score (nSPS) is 14.4. The van der Waals surface area contributed by atoms with Crippen molar-refractivity contribution in [2.24, 2.45) is 5.41 Å². The largest absolute Gasteiger partial charge is 0.256 e. The van der Waals surface area contributed by atoms with Gasteiger partial charge in [-0.25, -0.2) is 4.98 Å². The van der Waals surface area contributed by atoms with E-state index in [2.05, 4.69) is 16.0 Å². The van der Waals surface area contributed by atoms with Gasteiger partial charge >= 0.3 is 0 Å². The topological polar surface area (TPSA) is 49.6 Å². The lowest BCUT2D eigenvalue weighted by Crippen LogP contribution is -2.16. The average molecular weight is 210 g/mol. The maximum atomic E-state index is 8.98. The van der Waals surface area contributed by atoms with Gasteiger partial charge in [-0.1, -0.05) is 18.5 Å². The minimum absolute atomic E-state index is 0.359. The molecule has 3 nitrogen and oxygen atoms in total. The van der Waals surface area contributed by atoms with Crippen molar-refractivity contribution in [2.75, 3.05) is 0 Å². The summed E-state index contributed by atoms with van der Waals surface area (Å²) in [5.41, 5.74) is 0.447. The fraction of sp³-hybridized carbons (Fsp3) is 0.500. The van der Waals surface area contributed by atoms with Crippen LogP contribution in [0.5, 0.6) is 0 Å². The van der Waals surface area contributed by atoms with Crippen LogP contribution in [0.15, 0.2) is 12.4 Å². The maximum Gasteiger partial charge on any atom is 0.147 e. The molecule has 0 aliphatic carbocycles. The van der Waals surface area contributed by atoms with Crippen molar-refractivity contribution in [1.29, 1.82) is 5.26 Å². The third-order valence-corrected chi connectivity index (χ3v) is 2.49. The molecule has 0 radical (unpaired) electrons. The molecule has 4 heteroatoms. The Labute approximate surface area is 88.8 Å². The Hall–Kier alpha value is -1.14. The molecule has 14 heavy (non-hydrogen) atoms. The SMILES string of the molecule is CCC(C)(C#N)Cc1cnc(Cl)cn1. The zero-order chi connectivity index (χ0) is 10.6. The number of hydrogen-bond donors (Lipinski definition) is 0. The molecule has 0 saturated heterocycles. The van der Waals surface area contributed by atoms with Crippen LogP contribution in [0.1, 0.15) is 26.0 Å². The summed E-state index contributed by atoms with van der Waals surface area (Å²) >= 11 is 5.61. The van der Waals surface area contributed by atoms with Crippen molar-refractivity contribution < 1.29 is 0 Å². The van der Waals surface area contributed by atoms with Crippen molar-refractivity contribution in [2.45, 2.75) is 26.7 Å². The maximum absolute atomic E-state index is 8.98. The average Bonchev–Trinajstić information content (AvgIpc) is 2.21. The number of nitriles is 1.